The van der Waals surface area contributed by atoms with Crippen molar-refractivity contribution in [3.63, 3.8) is 0 Å². The van der Waals surface area contributed by atoms with Gasteiger partial charge < -0.3 is 5.11 Å². The number of aryl methyl sites for hydroxylation is 1. The van der Waals surface area contributed by atoms with E-state index in [0.717, 1.165) is 11.3 Å². The van der Waals surface area contributed by atoms with E-state index in [-0.39, 0.29) is 15.5 Å². The Bertz CT molecular complexity index is 770. The molecule has 0 aliphatic carbocycles. The second-order valence-electron chi connectivity index (χ2n) is 3.80. The first-order valence-corrected chi connectivity index (χ1v) is 8.65. The average Bonchev–Trinajstić information content (AvgIpc) is 2.78. The van der Waals surface area contributed by atoms with Crippen LogP contribution in [0.5, 0.6) is 0 Å². The van der Waals surface area contributed by atoms with Crippen molar-refractivity contribution in [2.45, 2.75) is 11.1 Å². The van der Waals surface area contributed by atoms with E-state index in [9.17, 15) is 13.2 Å². The number of hydrogen-bond donors (Lipinski definition) is 2. The predicted octanol–water partition coefficient (Wildman–Crippen LogP) is 2.56. The van der Waals surface area contributed by atoms with Crippen LogP contribution in [0.25, 0.3) is 0 Å². The lowest BCUT2D eigenvalue weighted by Gasteiger charge is -2.09. The number of aromatic nitrogens is 1. The number of nitrogens with zero attached hydrogens (tertiary/aromatic N) is 1. The van der Waals surface area contributed by atoms with E-state index in [1.165, 1.54) is 18.3 Å². The smallest absolute Gasteiger partial charge is 0.337 e. The number of thiazole rings is 1. The molecule has 0 aliphatic rings. The van der Waals surface area contributed by atoms with Gasteiger partial charge in [0.1, 0.15) is 0 Å². The monoisotopic (exact) mass is 424 g/mol. The van der Waals surface area contributed by atoms with Crippen molar-refractivity contribution < 1.29 is 18.3 Å². The maximum atomic E-state index is 12.1. The molecule has 106 valence electrons. The van der Waals surface area contributed by atoms with Gasteiger partial charge in [0.15, 0.2) is 4.21 Å². The third-order valence-electron chi connectivity index (χ3n) is 2.32. The van der Waals surface area contributed by atoms with Gasteiger partial charge in [0.05, 0.1) is 22.5 Å². The molecule has 0 atom stereocenters. The van der Waals surface area contributed by atoms with E-state index in [1.54, 1.807) is 13.0 Å². The summed E-state index contributed by atoms with van der Waals surface area (Å²) < 4.78 is 27.3. The minimum atomic E-state index is -3.82. The van der Waals surface area contributed by atoms with E-state index in [2.05, 4.69) is 9.71 Å². The standard InChI is InChI=1S/C11H9IN2O4S2/c1-6-13-5-10(19-6)20(17,18)14-9-3-2-7(12)4-8(9)11(15)16/h2-5,14H,1H3,(H,15,16). The van der Waals surface area contributed by atoms with Crippen molar-refractivity contribution in [3.05, 3.63) is 38.5 Å². The molecular weight excluding hydrogens is 415 g/mol. The highest BCUT2D eigenvalue weighted by Gasteiger charge is 2.20. The fraction of sp³-hybridized carbons (Fsp3) is 0.0909. The van der Waals surface area contributed by atoms with Crippen molar-refractivity contribution in [1.82, 2.24) is 4.98 Å². The molecule has 1 aromatic carbocycles. The van der Waals surface area contributed by atoms with Crippen LogP contribution in [0.2, 0.25) is 0 Å². The molecule has 0 saturated heterocycles. The molecule has 2 N–H and O–H groups in total. The molecule has 9 heteroatoms. The van der Waals surface area contributed by atoms with E-state index in [1.807, 2.05) is 22.6 Å². The summed E-state index contributed by atoms with van der Waals surface area (Å²) in [5, 5.41) is 9.73. The van der Waals surface area contributed by atoms with Crippen LogP contribution in [-0.4, -0.2) is 24.5 Å². The quantitative estimate of drug-likeness (QED) is 0.736. The van der Waals surface area contributed by atoms with Gasteiger partial charge in [-0.1, -0.05) is 0 Å². The summed E-state index contributed by atoms with van der Waals surface area (Å²) in [7, 11) is -3.82. The first-order chi connectivity index (χ1) is 9.29. The molecule has 0 bridgehead atoms. The number of carbonyl (C=O) groups is 1. The minimum Gasteiger partial charge on any atom is -0.478 e. The fourth-order valence-electron chi connectivity index (χ4n) is 1.44. The van der Waals surface area contributed by atoms with E-state index >= 15 is 0 Å². The number of anilines is 1. The number of rotatable bonds is 4. The van der Waals surface area contributed by atoms with Crippen LogP contribution >= 0.6 is 33.9 Å². The molecule has 0 fully saturated rings. The third kappa shape index (κ3) is 3.27. The predicted molar refractivity (Wildman–Crippen MR) is 83.8 cm³/mol. The molecule has 6 nitrogen and oxygen atoms in total. The van der Waals surface area contributed by atoms with Crippen molar-refractivity contribution in [1.29, 1.82) is 0 Å². The second-order valence-corrected chi connectivity index (χ2v) is 8.19. The van der Waals surface area contributed by atoms with Gasteiger partial charge in [-0.2, -0.15) is 0 Å². The molecule has 0 saturated carbocycles. The molecule has 1 aromatic heterocycles. The number of hydrogen-bond acceptors (Lipinski definition) is 5. The molecule has 0 unspecified atom stereocenters. The van der Waals surface area contributed by atoms with Crippen LogP contribution in [0, 0.1) is 10.5 Å². The Hall–Kier alpha value is -1.20. The molecule has 2 aromatic rings. The number of carboxylic acid groups (broad SMARTS) is 1. The Morgan fingerprint density at radius 2 is 2.15 bits per heavy atom. The number of sulfonamides is 1. The summed E-state index contributed by atoms with van der Waals surface area (Å²) in [6.45, 7) is 1.69. The number of benzene rings is 1. The van der Waals surface area contributed by atoms with Crippen LogP contribution in [0.4, 0.5) is 5.69 Å². The van der Waals surface area contributed by atoms with Crippen molar-refractivity contribution in [2.24, 2.45) is 0 Å². The first-order valence-electron chi connectivity index (χ1n) is 5.28. The Balaban J connectivity index is 2.42. The molecule has 1 heterocycles. The van der Waals surface area contributed by atoms with Gasteiger partial charge in [0.25, 0.3) is 10.0 Å². The summed E-state index contributed by atoms with van der Waals surface area (Å²) in [6.07, 6.45) is 1.25. The van der Waals surface area contributed by atoms with E-state index < -0.39 is 16.0 Å². The molecular formula is C11H9IN2O4S2. The zero-order valence-corrected chi connectivity index (χ0v) is 13.9. The summed E-state index contributed by atoms with van der Waals surface area (Å²) in [4.78, 5) is 15.0. The highest BCUT2D eigenvalue weighted by atomic mass is 127. The number of carboxylic acids is 1. The summed E-state index contributed by atoms with van der Waals surface area (Å²) >= 11 is 2.98. The second kappa shape index (κ2) is 5.66. The van der Waals surface area contributed by atoms with Gasteiger partial charge in [-0.05, 0) is 47.7 Å². The van der Waals surface area contributed by atoms with Crippen LogP contribution in [0.15, 0.2) is 28.6 Å². The van der Waals surface area contributed by atoms with Crippen LogP contribution in [-0.2, 0) is 10.0 Å². The van der Waals surface area contributed by atoms with Crippen LogP contribution in [0.1, 0.15) is 15.4 Å². The zero-order valence-electron chi connectivity index (χ0n) is 10.1. The molecule has 0 spiro atoms. The van der Waals surface area contributed by atoms with Gasteiger partial charge >= 0.3 is 5.97 Å². The van der Waals surface area contributed by atoms with Crippen LogP contribution < -0.4 is 4.72 Å². The maximum absolute atomic E-state index is 12.1. The van der Waals surface area contributed by atoms with Crippen molar-refractivity contribution >= 4 is 55.6 Å². The Morgan fingerprint density at radius 3 is 2.70 bits per heavy atom. The average molecular weight is 424 g/mol. The molecule has 2 rings (SSSR count). The highest BCUT2D eigenvalue weighted by Crippen LogP contribution is 2.25. The molecule has 0 radical (unpaired) electrons. The van der Waals surface area contributed by atoms with Gasteiger partial charge in [0, 0.05) is 3.57 Å². The topological polar surface area (TPSA) is 96.4 Å². The lowest BCUT2D eigenvalue weighted by atomic mass is 10.2. The summed E-state index contributed by atoms with van der Waals surface area (Å²) in [5.74, 6) is -1.19. The summed E-state index contributed by atoms with van der Waals surface area (Å²) in [6, 6.07) is 4.46. The maximum Gasteiger partial charge on any atom is 0.337 e. The van der Waals surface area contributed by atoms with Crippen molar-refractivity contribution in [2.75, 3.05) is 4.72 Å². The summed E-state index contributed by atoms with van der Waals surface area (Å²) in [5.41, 5.74) is -0.0642. The largest absolute Gasteiger partial charge is 0.478 e. The first kappa shape index (κ1) is 15.2. The lowest BCUT2D eigenvalue weighted by molar-refractivity contribution is 0.0698. The van der Waals surface area contributed by atoms with Gasteiger partial charge in [-0.25, -0.2) is 18.2 Å². The van der Waals surface area contributed by atoms with Crippen molar-refractivity contribution in [3.8, 4) is 0 Å². The lowest BCUT2D eigenvalue weighted by Crippen LogP contribution is -2.14. The molecule has 0 amide bonds. The molecule has 20 heavy (non-hydrogen) atoms. The fourth-order valence-corrected chi connectivity index (χ4v) is 4.12. The third-order valence-corrected chi connectivity index (χ3v) is 5.73. The minimum absolute atomic E-state index is 0.0315. The normalized spacial score (nSPS) is 11.3. The van der Waals surface area contributed by atoms with Gasteiger partial charge in [-0.3, -0.25) is 4.72 Å². The zero-order chi connectivity index (χ0) is 14.9. The van der Waals surface area contributed by atoms with Crippen LogP contribution in [0.3, 0.4) is 0 Å². The number of halogens is 1. The Morgan fingerprint density at radius 1 is 1.45 bits per heavy atom. The molecule has 0 aliphatic heterocycles. The van der Waals surface area contributed by atoms with Gasteiger partial charge in [0.2, 0.25) is 0 Å². The number of nitrogens with one attached hydrogen (secondary N) is 1. The Labute approximate surface area is 133 Å². The SMILES string of the molecule is Cc1ncc(S(=O)(=O)Nc2ccc(I)cc2C(=O)O)s1. The highest BCUT2D eigenvalue weighted by molar-refractivity contribution is 14.1. The van der Waals surface area contributed by atoms with E-state index in [4.69, 9.17) is 5.11 Å². The van der Waals surface area contributed by atoms with Gasteiger partial charge in [-0.15, -0.1) is 11.3 Å². The van der Waals surface area contributed by atoms with E-state index in [0.29, 0.717) is 8.58 Å². The Kier molecular flexibility index (Phi) is 4.30. The number of aromatic carboxylic acids is 1.